The summed E-state index contributed by atoms with van der Waals surface area (Å²) in [5, 5.41) is 14.3. The molecule has 0 spiro atoms. The Balaban J connectivity index is 3.30. The first-order chi connectivity index (χ1) is 2.77. The summed E-state index contributed by atoms with van der Waals surface area (Å²) < 4.78 is 0. The second-order valence-electron chi connectivity index (χ2n) is 0.771. The van der Waals surface area contributed by atoms with Gasteiger partial charge in [-0.15, -0.1) is 0 Å². The van der Waals surface area contributed by atoms with E-state index in [2.05, 4.69) is 0 Å². The minimum Gasteiger partial charge on any atom is -0.515 e. The lowest BCUT2D eigenvalue weighted by atomic mass is 10.6. The van der Waals surface area contributed by atoms with Crippen molar-refractivity contribution in [3.8, 4) is 0 Å². The molecule has 3 nitrogen and oxygen atoms in total. The first-order valence-electron chi connectivity index (χ1n) is 1.42. The first-order valence-corrected chi connectivity index (χ1v) is 1.42. The predicted molar refractivity (Wildman–Crippen MR) is 23.7 cm³/mol. The van der Waals surface area contributed by atoms with Crippen molar-refractivity contribution in [2.75, 3.05) is 0 Å². The van der Waals surface area contributed by atoms with Crippen LogP contribution in [0.4, 0.5) is 0 Å². The van der Waals surface area contributed by atoms with Gasteiger partial charge in [-0.05, 0) is 0 Å². The van der Waals surface area contributed by atoms with Gasteiger partial charge in [0.25, 0.3) is 0 Å². The summed E-state index contributed by atoms with van der Waals surface area (Å²) in [6, 6.07) is 0. The lowest BCUT2D eigenvalue weighted by molar-refractivity contribution is 0.474. The quantitative estimate of drug-likeness (QED) is 0.239. The standard InChI is InChI=1S/C3H6N2O/c4-3(5)1-2-6/h1-2,6H,(H3,4,5)/b2-1+. The van der Waals surface area contributed by atoms with E-state index in [9.17, 15) is 0 Å². The average molecular weight is 86.1 g/mol. The summed E-state index contributed by atoms with van der Waals surface area (Å²) >= 11 is 0. The van der Waals surface area contributed by atoms with Crippen LogP contribution in [-0.2, 0) is 0 Å². The molecule has 3 heteroatoms. The molecule has 0 aromatic heterocycles. The van der Waals surface area contributed by atoms with Gasteiger partial charge in [-0.3, -0.25) is 5.41 Å². The highest BCUT2D eigenvalue weighted by Gasteiger charge is 1.68. The van der Waals surface area contributed by atoms with Crippen LogP contribution in [0.2, 0.25) is 0 Å². The molecule has 0 radical (unpaired) electrons. The smallest absolute Gasteiger partial charge is 0.118 e. The molecule has 0 bridgehead atoms. The molecule has 0 saturated carbocycles. The van der Waals surface area contributed by atoms with Gasteiger partial charge in [-0.25, -0.2) is 0 Å². The predicted octanol–water partition coefficient (Wildman–Crippen LogP) is -0.00593. The Kier molecular flexibility index (Phi) is 1.89. The third-order valence-electron chi connectivity index (χ3n) is 0.254. The highest BCUT2D eigenvalue weighted by molar-refractivity contribution is 5.88. The van der Waals surface area contributed by atoms with Gasteiger partial charge in [-0.2, -0.15) is 0 Å². The molecule has 0 aromatic rings. The van der Waals surface area contributed by atoms with E-state index in [4.69, 9.17) is 16.2 Å². The molecule has 0 aliphatic heterocycles. The summed E-state index contributed by atoms with van der Waals surface area (Å²) in [5.41, 5.74) is 4.74. The Morgan fingerprint density at radius 3 is 2.33 bits per heavy atom. The van der Waals surface area contributed by atoms with E-state index in [0.29, 0.717) is 0 Å². The average Bonchev–Trinajstić information content (AvgIpc) is 1.35. The van der Waals surface area contributed by atoms with Gasteiger partial charge in [0.1, 0.15) is 5.84 Å². The molecule has 0 rings (SSSR count). The number of amidine groups is 1. The number of nitrogens with two attached hydrogens (primary N) is 1. The zero-order chi connectivity index (χ0) is 4.99. The van der Waals surface area contributed by atoms with Crippen LogP contribution < -0.4 is 5.73 Å². The van der Waals surface area contributed by atoms with Crippen molar-refractivity contribution in [2.24, 2.45) is 5.73 Å². The van der Waals surface area contributed by atoms with Crippen molar-refractivity contribution < 1.29 is 5.11 Å². The van der Waals surface area contributed by atoms with Crippen molar-refractivity contribution in [3.63, 3.8) is 0 Å². The van der Waals surface area contributed by atoms with Crippen LogP contribution in [0.15, 0.2) is 12.3 Å². The zero-order valence-corrected chi connectivity index (χ0v) is 3.18. The topological polar surface area (TPSA) is 70.1 Å². The Labute approximate surface area is 35.6 Å². The Morgan fingerprint density at radius 2 is 2.33 bits per heavy atom. The second-order valence-corrected chi connectivity index (χ2v) is 0.771. The third-order valence-corrected chi connectivity index (χ3v) is 0.254. The van der Waals surface area contributed by atoms with Crippen LogP contribution in [0.25, 0.3) is 0 Å². The van der Waals surface area contributed by atoms with Crippen LogP contribution in [0.1, 0.15) is 0 Å². The minimum atomic E-state index is -0.141. The largest absolute Gasteiger partial charge is 0.515 e. The Bertz CT molecular complexity index is 76.9. The Morgan fingerprint density at radius 1 is 1.83 bits per heavy atom. The summed E-state index contributed by atoms with van der Waals surface area (Å²) in [6.07, 6.45) is 1.81. The maximum atomic E-state index is 7.84. The fourth-order valence-electron chi connectivity index (χ4n) is 0.0803. The molecular formula is C3H6N2O. The normalized spacial score (nSPS) is 9.33. The van der Waals surface area contributed by atoms with E-state index < -0.39 is 0 Å². The Hall–Kier alpha value is -0.990. The van der Waals surface area contributed by atoms with E-state index in [1.54, 1.807) is 0 Å². The summed E-state index contributed by atoms with van der Waals surface area (Å²) in [4.78, 5) is 0. The fraction of sp³-hybridized carbons (Fsp3) is 0. The van der Waals surface area contributed by atoms with E-state index in [0.717, 1.165) is 12.3 Å². The van der Waals surface area contributed by atoms with E-state index >= 15 is 0 Å². The molecule has 0 fully saturated rings. The SMILES string of the molecule is N=C(N)/C=C/O. The highest BCUT2D eigenvalue weighted by atomic mass is 16.2. The molecule has 6 heavy (non-hydrogen) atoms. The van der Waals surface area contributed by atoms with Crippen LogP contribution in [-0.4, -0.2) is 10.9 Å². The van der Waals surface area contributed by atoms with Gasteiger partial charge in [0.05, 0.1) is 6.26 Å². The first kappa shape index (κ1) is 5.01. The van der Waals surface area contributed by atoms with Crippen LogP contribution in [0.3, 0.4) is 0 Å². The van der Waals surface area contributed by atoms with Crippen LogP contribution in [0, 0.1) is 5.41 Å². The summed E-state index contributed by atoms with van der Waals surface area (Å²) in [5.74, 6) is -0.141. The summed E-state index contributed by atoms with van der Waals surface area (Å²) in [7, 11) is 0. The van der Waals surface area contributed by atoms with Crippen molar-refractivity contribution >= 4 is 5.84 Å². The molecule has 0 aromatic carbocycles. The van der Waals surface area contributed by atoms with Gasteiger partial charge < -0.3 is 10.8 Å². The molecule has 0 amide bonds. The third kappa shape index (κ3) is 3.01. The van der Waals surface area contributed by atoms with Crippen molar-refractivity contribution in [2.45, 2.75) is 0 Å². The van der Waals surface area contributed by atoms with Gasteiger partial charge in [-0.1, -0.05) is 0 Å². The van der Waals surface area contributed by atoms with E-state index in [-0.39, 0.29) is 5.84 Å². The van der Waals surface area contributed by atoms with Crippen molar-refractivity contribution in [3.05, 3.63) is 12.3 Å². The zero-order valence-electron chi connectivity index (χ0n) is 3.18. The molecular weight excluding hydrogens is 80.0 g/mol. The van der Waals surface area contributed by atoms with Gasteiger partial charge in [0.2, 0.25) is 0 Å². The summed E-state index contributed by atoms with van der Waals surface area (Å²) in [6.45, 7) is 0. The van der Waals surface area contributed by atoms with Crippen molar-refractivity contribution in [1.29, 1.82) is 5.41 Å². The molecule has 0 heterocycles. The molecule has 0 saturated heterocycles. The molecule has 34 valence electrons. The number of rotatable bonds is 1. The molecule has 0 atom stereocenters. The molecule has 4 N–H and O–H groups in total. The van der Waals surface area contributed by atoms with Gasteiger partial charge in [0.15, 0.2) is 0 Å². The van der Waals surface area contributed by atoms with Gasteiger partial charge in [0, 0.05) is 6.08 Å². The molecule has 0 aliphatic carbocycles. The van der Waals surface area contributed by atoms with E-state index in [1.165, 1.54) is 0 Å². The second kappa shape index (κ2) is 2.26. The highest BCUT2D eigenvalue weighted by Crippen LogP contribution is 1.59. The van der Waals surface area contributed by atoms with Crippen molar-refractivity contribution in [1.82, 2.24) is 0 Å². The lowest BCUT2D eigenvalue weighted by Crippen LogP contribution is -2.03. The number of hydrogen-bond donors (Lipinski definition) is 3. The number of aliphatic hydroxyl groups is 1. The molecule has 0 unspecified atom stereocenters. The van der Waals surface area contributed by atoms with Crippen LogP contribution >= 0.6 is 0 Å². The fourth-order valence-corrected chi connectivity index (χ4v) is 0.0803. The van der Waals surface area contributed by atoms with Crippen LogP contribution in [0.5, 0.6) is 0 Å². The monoisotopic (exact) mass is 86.0 g/mol. The number of nitrogens with one attached hydrogen (secondary N) is 1. The molecule has 0 aliphatic rings. The maximum absolute atomic E-state index is 7.84. The number of hydrogen-bond acceptors (Lipinski definition) is 2. The minimum absolute atomic E-state index is 0.141. The van der Waals surface area contributed by atoms with E-state index in [1.807, 2.05) is 0 Å². The maximum Gasteiger partial charge on any atom is 0.118 e. The number of aliphatic hydroxyl groups excluding tert-OH is 1. The lowest BCUT2D eigenvalue weighted by Gasteiger charge is -1.75. The van der Waals surface area contributed by atoms with Gasteiger partial charge >= 0.3 is 0 Å².